The molecule has 0 amide bonds. The summed E-state index contributed by atoms with van der Waals surface area (Å²) in [6, 6.07) is 10.4. The van der Waals surface area contributed by atoms with E-state index in [1.807, 2.05) is 18.2 Å². The molecule has 0 aromatic heterocycles. The van der Waals surface area contributed by atoms with Gasteiger partial charge in [0.05, 0.1) is 13.0 Å². The molecule has 0 bridgehead atoms. The average molecular weight is 233 g/mol. The van der Waals surface area contributed by atoms with Crippen LogP contribution in [0.25, 0.3) is 0 Å². The minimum absolute atomic E-state index is 0.0312. The smallest absolute Gasteiger partial charge is 0.310 e. The molecule has 1 heterocycles. The van der Waals surface area contributed by atoms with Crippen molar-refractivity contribution in [1.82, 2.24) is 4.90 Å². The highest BCUT2D eigenvalue weighted by molar-refractivity contribution is 5.73. The topological polar surface area (TPSA) is 29.5 Å². The molecule has 92 valence electrons. The third kappa shape index (κ3) is 2.86. The monoisotopic (exact) mass is 233 g/mol. The molecule has 2 rings (SSSR count). The van der Waals surface area contributed by atoms with Crippen molar-refractivity contribution < 1.29 is 9.53 Å². The summed E-state index contributed by atoms with van der Waals surface area (Å²) in [7, 11) is 1.47. The molecule has 0 spiro atoms. The van der Waals surface area contributed by atoms with Crippen molar-refractivity contribution >= 4 is 5.97 Å². The molecule has 1 saturated heterocycles. The lowest BCUT2D eigenvalue weighted by molar-refractivity contribution is -0.146. The molecular formula is C14H19NO2. The Hall–Kier alpha value is -1.35. The largest absolute Gasteiger partial charge is 0.469 e. The summed E-state index contributed by atoms with van der Waals surface area (Å²) >= 11 is 0. The van der Waals surface area contributed by atoms with Crippen molar-refractivity contribution in [3.8, 4) is 0 Å². The van der Waals surface area contributed by atoms with Crippen molar-refractivity contribution in [1.29, 1.82) is 0 Å². The first-order valence-corrected chi connectivity index (χ1v) is 6.05. The van der Waals surface area contributed by atoms with Crippen molar-refractivity contribution in [3.63, 3.8) is 0 Å². The van der Waals surface area contributed by atoms with E-state index < -0.39 is 0 Å². The maximum atomic E-state index is 11.6. The predicted octanol–water partition coefficient (Wildman–Crippen LogP) is 1.93. The van der Waals surface area contributed by atoms with E-state index in [0.717, 1.165) is 19.6 Å². The number of hydrogen-bond donors (Lipinski definition) is 0. The molecule has 3 nitrogen and oxygen atoms in total. The van der Waals surface area contributed by atoms with E-state index in [1.54, 1.807) is 0 Å². The van der Waals surface area contributed by atoms with Gasteiger partial charge in [-0.1, -0.05) is 37.3 Å². The molecule has 1 fully saturated rings. The number of likely N-dealkylation sites (tertiary alicyclic amines) is 1. The zero-order chi connectivity index (χ0) is 12.3. The highest BCUT2D eigenvalue weighted by atomic mass is 16.5. The Labute approximate surface area is 102 Å². The van der Waals surface area contributed by atoms with Gasteiger partial charge in [0.2, 0.25) is 0 Å². The number of esters is 1. The molecule has 0 saturated carbocycles. The maximum absolute atomic E-state index is 11.6. The van der Waals surface area contributed by atoms with Crippen LogP contribution in [0.3, 0.4) is 0 Å². The van der Waals surface area contributed by atoms with Crippen LogP contribution in [0.4, 0.5) is 0 Å². The van der Waals surface area contributed by atoms with Gasteiger partial charge in [-0.25, -0.2) is 0 Å². The standard InChI is InChI=1S/C14H19NO2/c1-11-8-15(10-13(11)14(16)17-2)9-12-6-4-3-5-7-12/h3-7,11,13H,8-10H2,1-2H3/t11-,13?/m1/s1. The van der Waals surface area contributed by atoms with Crippen molar-refractivity contribution in [3.05, 3.63) is 35.9 Å². The van der Waals surface area contributed by atoms with Gasteiger partial charge in [-0.15, -0.1) is 0 Å². The third-order valence-electron chi connectivity index (χ3n) is 3.44. The number of carbonyl (C=O) groups excluding carboxylic acids is 1. The molecule has 1 aromatic carbocycles. The molecule has 0 aliphatic carbocycles. The first-order chi connectivity index (χ1) is 8.20. The van der Waals surface area contributed by atoms with E-state index in [2.05, 4.69) is 24.0 Å². The van der Waals surface area contributed by atoms with Gasteiger partial charge >= 0.3 is 5.97 Å². The number of rotatable bonds is 3. The van der Waals surface area contributed by atoms with Crippen LogP contribution in [0.2, 0.25) is 0 Å². The van der Waals surface area contributed by atoms with Crippen LogP contribution in [0.5, 0.6) is 0 Å². The number of methoxy groups -OCH3 is 1. The van der Waals surface area contributed by atoms with Crippen molar-refractivity contribution in [2.75, 3.05) is 20.2 Å². The lowest BCUT2D eigenvalue weighted by Gasteiger charge is -2.15. The molecular weight excluding hydrogens is 214 g/mol. The molecule has 1 aliphatic rings. The Bertz CT molecular complexity index is 377. The Morgan fingerprint density at radius 2 is 2.06 bits per heavy atom. The fraction of sp³-hybridized carbons (Fsp3) is 0.500. The van der Waals surface area contributed by atoms with Gasteiger partial charge in [-0.05, 0) is 11.5 Å². The van der Waals surface area contributed by atoms with Crippen LogP contribution in [-0.4, -0.2) is 31.1 Å². The molecule has 1 aromatic rings. The Morgan fingerprint density at radius 3 is 2.71 bits per heavy atom. The SMILES string of the molecule is COC(=O)C1CN(Cc2ccccc2)C[C@H]1C. The summed E-state index contributed by atoms with van der Waals surface area (Å²) in [6.45, 7) is 4.81. The zero-order valence-corrected chi connectivity index (χ0v) is 10.4. The summed E-state index contributed by atoms with van der Waals surface area (Å²) in [4.78, 5) is 13.9. The molecule has 3 heteroatoms. The van der Waals surface area contributed by atoms with E-state index in [9.17, 15) is 4.79 Å². The maximum Gasteiger partial charge on any atom is 0.310 e. The Morgan fingerprint density at radius 1 is 1.35 bits per heavy atom. The predicted molar refractivity (Wildman–Crippen MR) is 66.4 cm³/mol. The van der Waals surface area contributed by atoms with E-state index in [0.29, 0.717) is 5.92 Å². The van der Waals surface area contributed by atoms with Gasteiger partial charge in [0.25, 0.3) is 0 Å². The quantitative estimate of drug-likeness (QED) is 0.747. The van der Waals surface area contributed by atoms with Gasteiger partial charge in [0, 0.05) is 19.6 Å². The lowest BCUT2D eigenvalue weighted by atomic mass is 9.99. The second-order valence-corrected chi connectivity index (χ2v) is 4.79. The molecule has 2 atom stereocenters. The van der Waals surface area contributed by atoms with Crippen LogP contribution in [0.15, 0.2) is 30.3 Å². The second kappa shape index (κ2) is 5.32. The van der Waals surface area contributed by atoms with Crippen LogP contribution < -0.4 is 0 Å². The molecule has 0 radical (unpaired) electrons. The zero-order valence-electron chi connectivity index (χ0n) is 10.4. The van der Waals surface area contributed by atoms with Gasteiger partial charge in [-0.2, -0.15) is 0 Å². The number of hydrogen-bond acceptors (Lipinski definition) is 3. The Kier molecular flexibility index (Phi) is 3.79. The van der Waals surface area contributed by atoms with Gasteiger partial charge in [-0.3, -0.25) is 9.69 Å². The second-order valence-electron chi connectivity index (χ2n) is 4.79. The van der Waals surface area contributed by atoms with Crippen LogP contribution >= 0.6 is 0 Å². The summed E-state index contributed by atoms with van der Waals surface area (Å²) < 4.78 is 4.84. The number of carbonyl (C=O) groups is 1. The van der Waals surface area contributed by atoms with E-state index >= 15 is 0 Å². The number of nitrogens with zero attached hydrogens (tertiary/aromatic N) is 1. The van der Waals surface area contributed by atoms with Crippen molar-refractivity contribution in [2.45, 2.75) is 13.5 Å². The highest BCUT2D eigenvalue weighted by Gasteiger charge is 2.35. The van der Waals surface area contributed by atoms with Crippen LogP contribution in [0.1, 0.15) is 12.5 Å². The lowest BCUT2D eigenvalue weighted by Crippen LogP contribution is -2.24. The van der Waals surface area contributed by atoms with E-state index in [1.165, 1.54) is 12.7 Å². The van der Waals surface area contributed by atoms with E-state index in [4.69, 9.17) is 4.74 Å². The molecule has 17 heavy (non-hydrogen) atoms. The van der Waals surface area contributed by atoms with Crippen LogP contribution in [0, 0.1) is 11.8 Å². The molecule has 1 aliphatic heterocycles. The minimum atomic E-state index is -0.0759. The van der Waals surface area contributed by atoms with Gasteiger partial charge in [0.15, 0.2) is 0 Å². The number of ether oxygens (including phenoxy) is 1. The minimum Gasteiger partial charge on any atom is -0.469 e. The summed E-state index contributed by atoms with van der Waals surface area (Å²) in [5.74, 6) is 0.336. The highest BCUT2D eigenvalue weighted by Crippen LogP contribution is 2.25. The van der Waals surface area contributed by atoms with Crippen molar-refractivity contribution in [2.24, 2.45) is 11.8 Å². The third-order valence-corrected chi connectivity index (χ3v) is 3.44. The Balaban J connectivity index is 1.95. The fourth-order valence-electron chi connectivity index (χ4n) is 2.50. The first-order valence-electron chi connectivity index (χ1n) is 6.05. The summed E-state index contributed by atoms with van der Waals surface area (Å²) in [6.07, 6.45) is 0. The van der Waals surface area contributed by atoms with E-state index in [-0.39, 0.29) is 11.9 Å². The summed E-state index contributed by atoms with van der Waals surface area (Å²) in [5.41, 5.74) is 1.30. The van der Waals surface area contributed by atoms with Crippen LogP contribution in [-0.2, 0) is 16.1 Å². The fourth-order valence-corrected chi connectivity index (χ4v) is 2.50. The average Bonchev–Trinajstić information content (AvgIpc) is 2.70. The normalized spacial score (nSPS) is 24.8. The van der Waals surface area contributed by atoms with Gasteiger partial charge < -0.3 is 4.74 Å². The molecule has 0 N–H and O–H groups in total. The first kappa shape index (κ1) is 12.1. The van der Waals surface area contributed by atoms with Gasteiger partial charge in [0.1, 0.15) is 0 Å². The molecule has 1 unspecified atom stereocenters. The summed E-state index contributed by atoms with van der Waals surface area (Å²) in [5, 5.41) is 0. The number of benzene rings is 1.